The Bertz CT molecular complexity index is 321. The van der Waals surface area contributed by atoms with Crippen molar-refractivity contribution < 1.29 is 8.42 Å². The smallest absolute Gasteiger partial charge is 0.212 e. The normalized spacial score (nSPS) is 20.3. The Hall–Kier alpha value is 0.200. The van der Waals surface area contributed by atoms with Gasteiger partial charge in [-0.2, -0.15) is 4.31 Å². The van der Waals surface area contributed by atoms with Crippen molar-refractivity contribution in [3.63, 3.8) is 0 Å². The highest BCUT2D eigenvalue weighted by atomic mass is 35.5. The van der Waals surface area contributed by atoms with Gasteiger partial charge in [0, 0.05) is 18.5 Å². The molecule has 1 fully saturated rings. The molecule has 5 heteroatoms. The van der Waals surface area contributed by atoms with Crippen LogP contribution < -0.4 is 0 Å². The van der Waals surface area contributed by atoms with Gasteiger partial charge in [-0.25, -0.2) is 8.42 Å². The van der Waals surface area contributed by atoms with Crippen LogP contribution in [0.1, 0.15) is 46.0 Å². The lowest BCUT2D eigenvalue weighted by Crippen LogP contribution is -2.50. The minimum Gasteiger partial charge on any atom is -0.212 e. The first kappa shape index (κ1) is 14.3. The van der Waals surface area contributed by atoms with E-state index in [9.17, 15) is 8.42 Å². The fraction of sp³-hybridized carbons (Fsp3) is 1.00. The SMILES string of the molecule is CN(C(C)(C)CCl)S(=O)(=O)C1CCCCC1. The van der Waals surface area contributed by atoms with E-state index in [0.717, 1.165) is 32.1 Å². The summed E-state index contributed by atoms with van der Waals surface area (Å²) in [5, 5.41) is -0.200. The summed E-state index contributed by atoms with van der Waals surface area (Å²) < 4.78 is 26.2. The molecule has 0 radical (unpaired) electrons. The molecule has 96 valence electrons. The quantitative estimate of drug-likeness (QED) is 0.735. The van der Waals surface area contributed by atoms with Gasteiger partial charge in [-0.15, -0.1) is 11.6 Å². The van der Waals surface area contributed by atoms with E-state index in [1.54, 1.807) is 7.05 Å². The van der Waals surface area contributed by atoms with Gasteiger partial charge < -0.3 is 0 Å². The van der Waals surface area contributed by atoms with Crippen LogP contribution in [-0.4, -0.2) is 36.4 Å². The summed E-state index contributed by atoms with van der Waals surface area (Å²) in [7, 11) is -1.54. The predicted octanol–water partition coefficient (Wildman–Crippen LogP) is 2.60. The topological polar surface area (TPSA) is 37.4 Å². The molecule has 1 saturated carbocycles. The lowest BCUT2D eigenvalue weighted by Gasteiger charge is -2.36. The summed E-state index contributed by atoms with van der Waals surface area (Å²) in [6.45, 7) is 3.72. The van der Waals surface area contributed by atoms with Crippen LogP contribution in [0.25, 0.3) is 0 Å². The Morgan fingerprint density at radius 1 is 1.25 bits per heavy atom. The van der Waals surface area contributed by atoms with Gasteiger partial charge in [0.2, 0.25) is 10.0 Å². The predicted molar refractivity (Wildman–Crippen MR) is 68.4 cm³/mol. The molecule has 0 aromatic rings. The average molecular weight is 268 g/mol. The first-order valence-electron chi connectivity index (χ1n) is 5.86. The third-order valence-electron chi connectivity index (χ3n) is 3.53. The second-order valence-electron chi connectivity index (χ2n) is 5.22. The monoisotopic (exact) mass is 267 g/mol. The number of alkyl halides is 1. The number of rotatable bonds is 4. The first-order chi connectivity index (χ1) is 7.32. The first-order valence-corrected chi connectivity index (χ1v) is 7.90. The minimum absolute atomic E-state index is 0.200. The molecule has 1 rings (SSSR count). The van der Waals surface area contributed by atoms with E-state index in [0.29, 0.717) is 5.88 Å². The fourth-order valence-corrected chi connectivity index (χ4v) is 4.40. The summed E-state index contributed by atoms with van der Waals surface area (Å²) in [5.74, 6) is 0.315. The highest BCUT2D eigenvalue weighted by Gasteiger charge is 2.37. The highest BCUT2D eigenvalue weighted by molar-refractivity contribution is 7.89. The second kappa shape index (κ2) is 5.23. The Morgan fingerprint density at radius 2 is 1.75 bits per heavy atom. The van der Waals surface area contributed by atoms with Gasteiger partial charge in [0.25, 0.3) is 0 Å². The van der Waals surface area contributed by atoms with Crippen LogP contribution in [0.5, 0.6) is 0 Å². The standard InChI is InChI=1S/C11H22ClNO2S/c1-11(2,9-12)13(3)16(14,15)10-7-5-4-6-8-10/h10H,4-9H2,1-3H3. The van der Waals surface area contributed by atoms with E-state index in [1.165, 1.54) is 4.31 Å². The van der Waals surface area contributed by atoms with Crippen molar-refractivity contribution in [2.75, 3.05) is 12.9 Å². The largest absolute Gasteiger partial charge is 0.217 e. The van der Waals surface area contributed by atoms with Crippen LogP contribution in [0.2, 0.25) is 0 Å². The molecular weight excluding hydrogens is 246 g/mol. The Labute approximate surface area is 104 Å². The summed E-state index contributed by atoms with van der Waals surface area (Å²) in [5.41, 5.74) is -0.502. The number of nitrogens with zero attached hydrogens (tertiary/aromatic N) is 1. The maximum absolute atomic E-state index is 12.4. The van der Waals surface area contributed by atoms with Crippen LogP contribution in [0.3, 0.4) is 0 Å². The summed E-state index contributed by atoms with van der Waals surface area (Å²) >= 11 is 5.83. The van der Waals surface area contributed by atoms with Crippen molar-refractivity contribution in [2.45, 2.75) is 56.7 Å². The van der Waals surface area contributed by atoms with E-state index < -0.39 is 15.6 Å². The van der Waals surface area contributed by atoms with E-state index >= 15 is 0 Å². The van der Waals surface area contributed by atoms with Crippen molar-refractivity contribution in [3.05, 3.63) is 0 Å². The second-order valence-corrected chi connectivity index (χ2v) is 7.73. The highest BCUT2D eigenvalue weighted by Crippen LogP contribution is 2.29. The third kappa shape index (κ3) is 2.90. The van der Waals surface area contributed by atoms with Crippen molar-refractivity contribution >= 4 is 21.6 Å². The van der Waals surface area contributed by atoms with Crippen LogP contribution in [0.4, 0.5) is 0 Å². The number of hydrogen-bond donors (Lipinski definition) is 0. The van der Waals surface area contributed by atoms with Crippen molar-refractivity contribution in [1.29, 1.82) is 0 Å². The number of hydrogen-bond acceptors (Lipinski definition) is 2. The molecule has 0 aromatic heterocycles. The average Bonchev–Trinajstić information content (AvgIpc) is 2.29. The van der Waals surface area contributed by atoms with Crippen molar-refractivity contribution in [2.24, 2.45) is 0 Å². The third-order valence-corrected chi connectivity index (χ3v) is 6.76. The van der Waals surface area contributed by atoms with Gasteiger partial charge in [0.15, 0.2) is 0 Å². The molecule has 3 nitrogen and oxygen atoms in total. The van der Waals surface area contributed by atoms with Gasteiger partial charge >= 0.3 is 0 Å². The number of halogens is 1. The Kier molecular flexibility index (Phi) is 4.66. The fourth-order valence-electron chi connectivity index (χ4n) is 2.02. The van der Waals surface area contributed by atoms with Crippen molar-refractivity contribution in [3.8, 4) is 0 Å². The molecule has 0 saturated heterocycles. The van der Waals surface area contributed by atoms with Crippen LogP contribution >= 0.6 is 11.6 Å². The maximum atomic E-state index is 12.4. The zero-order chi connectivity index (χ0) is 12.4. The minimum atomic E-state index is -3.18. The van der Waals surface area contributed by atoms with E-state index in [4.69, 9.17) is 11.6 Å². The summed E-state index contributed by atoms with van der Waals surface area (Å²) in [6.07, 6.45) is 4.81. The lowest BCUT2D eigenvalue weighted by molar-refractivity contribution is 0.288. The van der Waals surface area contributed by atoms with Gasteiger partial charge in [-0.05, 0) is 26.7 Å². The van der Waals surface area contributed by atoms with Crippen LogP contribution in [-0.2, 0) is 10.0 Å². The van der Waals surface area contributed by atoms with Crippen molar-refractivity contribution in [1.82, 2.24) is 4.31 Å². The number of sulfonamides is 1. The van der Waals surface area contributed by atoms with Gasteiger partial charge in [-0.3, -0.25) is 0 Å². The van der Waals surface area contributed by atoms with Crippen LogP contribution in [0.15, 0.2) is 0 Å². The molecule has 0 heterocycles. The van der Waals surface area contributed by atoms with Gasteiger partial charge in [0.05, 0.1) is 5.25 Å². The van der Waals surface area contributed by atoms with Crippen LogP contribution in [0, 0.1) is 0 Å². The molecular formula is C11H22ClNO2S. The van der Waals surface area contributed by atoms with E-state index in [-0.39, 0.29) is 5.25 Å². The van der Waals surface area contributed by atoms with E-state index in [2.05, 4.69) is 0 Å². The Balaban J connectivity index is 2.84. The van der Waals surface area contributed by atoms with E-state index in [1.807, 2.05) is 13.8 Å². The summed E-state index contributed by atoms with van der Waals surface area (Å²) in [6, 6.07) is 0. The summed E-state index contributed by atoms with van der Waals surface area (Å²) in [4.78, 5) is 0. The molecule has 16 heavy (non-hydrogen) atoms. The van der Waals surface area contributed by atoms with Gasteiger partial charge in [-0.1, -0.05) is 19.3 Å². The molecule has 1 aliphatic rings. The molecule has 0 spiro atoms. The molecule has 0 amide bonds. The molecule has 0 aromatic carbocycles. The molecule has 1 aliphatic carbocycles. The molecule has 0 bridgehead atoms. The Morgan fingerprint density at radius 3 is 2.19 bits per heavy atom. The van der Waals surface area contributed by atoms with Gasteiger partial charge in [0.1, 0.15) is 0 Å². The molecule has 0 aliphatic heterocycles. The maximum Gasteiger partial charge on any atom is 0.217 e. The molecule has 0 unspecified atom stereocenters. The molecule has 0 atom stereocenters. The molecule has 0 N–H and O–H groups in total. The zero-order valence-electron chi connectivity index (χ0n) is 10.4. The zero-order valence-corrected chi connectivity index (χ0v) is 11.9. The lowest BCUT2D eigenvalue weighted by atomic mass is 10.0.